The number of amides is 1. The molecule has 2 aliphatic rings. The minimum Gasteiger partial charge on any atom is -0.393 e. The van der Waals surface area contributed by atoms with Crippen LogP contribution in [0.4, 0.5) is 15.8 Å². The fraction of sp³-hybridized carbons (Fsp3) is 0.588. The maximum atomic E-state index is 13.7. The van der Waals surface area contributed by atoms with Gasteiger partial charge in [-0.15, -0.1) is 0 Å². The molecule has 1 aromatic carbocycles. The second kappa shape index (κ2) is 8.59. The summed E-state index contributed by atoms with van der Waals surface area (Å²) in [5.41, 5.74) is 4.52. The van der Waals surface area contributed by atoms with Gasteiger partial charge in [0.15, 0.2) is 0 Å². The molecule has 0 radical (unpaired) electrons. The van der Waals surface area contributed by atoms with E-state index >= 15 is 0 Å². The lowest BCUT2D eigenvalue weighted by Gasteiger charge is -2.37. The summed E-state index contributed by atoms with van der Waals surface area (Å²) in [6, 6.07) is 1.67. The molecular formula is C17H23FN4O5. The second-order valence-corrected chi connectivity index (χ2v) is 6.69. The molecule has 0 saturated carbocycles. The summed E-state index contributed by atoms with van der Waals surface area (Å²) in [5, 5.41) is 13.8. The summed E-state index contributed by atoms with van der Waals surface area (Å²) < 4.78 is 24.6. The van der Waals surface area contributed by atoms with E-state index in [-0.39, 0.29) is 23.2 Å². The van der Waals surface area contributed by atoms with Crippen molar-refractivity contribution < 1.29 is 23.6 Å². The minimum atomic E-state index is -0.880. The number of carbonyl (C=O) groups excluding carboxylic acids is 1. The van der Waals surface area contributed by atoms with Crippen LogP contribution < -0.4 is 11.1 Å². The highest BCUT2D eigenvalue weighted by atomic mass is 19.1. The van der Waals surface area contributed by atoms with E-state index in [1.165, 1.54) is 0 Å². The fourth-order valence-corrected chi connectivity index (χ4v) is 3.59. The number of hydrogen-bond acceptors (Lipinski definition) is 7. The summed E-state index contributed by atoms with van der Waals surface area (Å²) in [6.07, 6.45) is 0.894. The van der Waals surface area contributed by atoms with E-state index in [0.29, 0.717) is 39.0 Å². The molecule has 2 aliphatic heterocycles. The smallest absolute Gasteiger partial charge is 0.295 e. The van der Waals surface area contributed by atoms with Crippen molar-refractivity contribution in [2.24, 2.45) is 5.92 Å². The highest BCUT2D eigenvalue weighted by Gasteiger charge is 2.32. The quantitative estimate of drug-likeness (QED) is 0.424. The first-order valence-corrected chi connectivity index (χ1v) is 8.88. The maximum Gasteiger partial charge on any atom is 0.295 e. The zero-order chi connectivity index (χ0) is 19.4. The Labute approximate surface area is 155 Å². The number of rotatable bonds is 6. The standard InChI is InChI=1S/C17H23FN4O5/c18-12-7-13(16(19)14(8-12)22(24)25)17(23)20-9-15(11-1-4-27-10-11)21-2-5-26-6-3-21/h7-8,11,15H,1-6,9-10,19H2,(H,20,23). The largest absolute Gasteiger partial charge is 0.393 e. The number of nitro benzene ring substituents is 1. The van der Waals surface area contributed by atoms with Crippen LogP contribution >= 0.6 is 0 Å². The number of ether oxygens (including phenoxy) is 2. The van der Waals surface area contributed by atoms with Gasteiger partial charge in [0.05, 0.1) is 36.4 Å². The van der Waals surface area contributed by atoms with Crippen LogP contribution in [0, 0.1) is 21.8 Å². The van der Waals surface area contributed by atoms with Crippen molar-refractivity contribution in [3.63, 3.8) is 0 Å². The molecule has 1 amide bonds. The van der Waals surface area contributed by atoms with Gasteiger partial charge in [0.1, 0.15) is 11.5 Å². The first kappa shape index (κ1) is 19.5. The third-order valence-electron chi connectivity index (χ3n) is 5.06. The Morgan fingerprint density at radius 1 is 1.37 bits per heavy atom. The van der Waals surface area contributed by atoms with Crippen LogP contribution in [0.3, 0.4) is 0 Å². The van der Waals surface area contributed by atoms with Gasteiger partial charge in [-0.1, -0.05) is 0 Å². The Bertz CT molecular complexity index is 705. The molecule has 0 aromatic heterocycles. The summed E-state index contributed by atoms with van der Waals surface area (Å²) in [6.45, 7) is 4.38. The van der Waals surface area contributed by atoms with Gasteiger partial charge >= 0.3 is 0 Å². The number of carbonyl (C=O) groups is 1. The minimum absolute atomic E-state index is 0.0464. The van der Waals surface area contributed by atoms with Crippen LogP contribution in [0.25, 0.3) is 0 Å². The molecule has 2 unspecified atom stereocenters. The average Bonchev–Trinajstić information content (AvgIpc) is 3.18. The van der Waals surface area contributed by atoms with E-state index in [2.05, 4.69) is 10.2 Å². The monoisotopic (exact) mass is 382 g/mol. The number of halogens is 1. The van der Waals surface area contributed by atoms with Crippen LogP contribution in [0.1, 0.15) is 16.8 Å². The molecule has 148 valence electrons. The lowest BCUT2D eigenvalue weighted by molar-refractivity contribution is -0.384. The van der Waals surface area contributed by atoms with Crippen molar-refractivity contribution >= 4 is 17.3 Å². The third-order valence-corrected chi connectivity index (χ3v) is 5.06. The van der Waals surface area contributed by atoms with Crippen molar-refractivity contribution in [2.45, 2.75) is 12.5 Å². The van der Waals surface area contributed by atoms with Gasteiger partial charge in [-0.25, -0.2) is 4.39 Å². The molecule has 2 atom stereocenters. The van der Waals surface area contributed by atoms with E-state index < -0.39 is 22.3 Å². The van der Waals surface area contributed by atoms with Gasteiger partial charge in [-0.05, 0) is 12.5 Å². The average molecular weight is 382 g/mol. The Kier molecular flexibility index (Phi) is 6.19. The molecule has 0 spiro atoms. The summed E-state index contributed by atoms with van der Waals surface area (Å²) in [7, 11) is 0. The number of anilines is 1. The molecule has 3 N–H and O–H groups in total. The van der Waals surface area contributed by atoms with Crippen molar-refractivity contribution in [3.8, 4) is 0 Å². The maximum absolute atomic E-state index is 13.7. The van der Waals surface area contributed by atoms with Crippen molar-refractivity contribution in [2.75, 3.05) is 51.8 Å². The predicted octanol–water partition coefficient (Wildman–Crippen LogP) is 0.783. The molecule has 0 aliphatic carbocycles. The topological polar surface area (TPSA) is 120 Å². The number of nitrogens with one attached hydrogen (secondary N) is 1. The summed E-state index contributed by atoms with van der Waals surface area (Å²) in [5.74, 6) is -1.25. The molecule has 1 aromatic rings. The number of benzene rings is 1. The predicted molar refractivity (Wildman–Crippen MR) is 94.9 cm³/mol. The van der Waals surface area contributed by atoms with Gasteiger partial charge in [0, 0.05) is 38.2 Å². The van der Waals surface area contributed by atoms with E-state index in [9.17, 15) is 19.3 Å². The lowest BCUT2D eigenvalue weighted by Crippen LogP contribution is -2.52. The van der Waals surface area contributed by atoms with Crippen molar-refractivity contribution in [3.05, 3.63) is 33.6 Å². The second-order valence-electron chi connectivity index (χ2n) is 6.69. The molecule has 2 saturated heterocycles. The van der Waals surface area contributed by atoms with E-state index in [1.54, 1.807) is 0 Å². The Balaban J connectivity index is 1.73. The van der Waals surface area contributed by atoms with Crippen LogP contribution in [-0.4, -0.2) is 67.8 Å². The van der Waals surface area contributed by atoms with E-state index in [0.717, 1.165) is 25.6 Å². The molecule has 27 heavy (non-hydrogen) atoms. The number of nitrogen functional groups attached to an aromatic ring is 1. The molecule has 0 bridgehead atoms. The Morgan fingerprint density at radius 3 is 2.74 bits per heavy atom. The molecule has 3 rings (SSSR count). The van der Waals surface area contributed by atoms with Gasteiger partial charge in [-0.3, -0.25) is 19.8 Å². The highest BCUT2D eigenvalue weighted by Crippen LogP contribution is 2.27. The van der Waals surface area contributed by atoms with Crippen LogP contribution in [0.2, 0.25) is 0 Å². The first-order chi connectivity index (χ1) is 13.0. The number of morpholine rings is 1. The number of hydrogen-bond donors (Lipinski definition) is 2. The van der Waals surface area contributed by atoms with Crippen molar-refractivity contribution in [1.29, 1.82) is 0 Å². The zero-order valence-electron chi connectivity index (χ0n) is 14.9. The third kappa shape index (κ3) is 4.52. The molecule has 9 nitrogen and oxygen atoms in total. The van der Waals surface area contributed by atoms with Crippen LogP contribution in [-0.2, 0) is 9.47 Å². The Hall–Kier alpha value is -2.30. The van der Waals surface area contributed by atoms with Gasteiger partial charge in [-0.2, -0.15) is 0 Å². The van der Waals surface area contributed by atoms with Crippen molar-refractivity contribution in [1.82, 2.24) is 10.2 Å². The van der Waals surface area contributed by atoms with E-state index in [4.69, 9.17) is 15.2 Å². The fourth-order valence-electron chi connectivity index (χ4n) is 3.59. The normalized spacial score (nSPS) is 21.7. The number of nitrogens with two attached hydrogens (primary N) is 1. The molecule has 2 heterocycles. The molecule has 2 fully saturated rings. The van der Waals surface area contributed by atoms with Crippen LogP contribution in [0.15, 0.2) is 12.1 Å². The Morgan fingerprint density at radius 2 is 2.11 bits per heavy atom. The lowest BCUT2D eigenvalue weighted by atomic mass is 9.96. The number of nitrogens with zero attached hydrogens (tertiary/aromatic N) is 2. The van der Waals surface area contributed by atoms with Crippen LogP contribution in [0.5, 0.6) is 0 Å². The van der Waals surface area contributed by atoms with E-state index in [1.807, 2.05) is 0 Å². The highest BCUT2D eigenvalue weighted by molar-refractivity contribution is 6.01. The van der Waals surface area contributed by atoms with Gasteiger partial charge in [0.25, 0.3) is 11.6 Å². The first-order valence-electron chi connectivity index (χ1n) is 8.88. The molecular weight excluding hydrogens is 359 g/mol. The molecule has 10 heteroatoms. The zero-order valence-corrected chi connectivity index (χ0v) is 14.9. The summed E-state index contributed by atoms with van der Waals surface area (Å²) in [4.78, 5) is 25.0. The SMILES string of the molecule is Nc1c(C(=O)NCC(C2CCOC2)N2CCOCC2)cc(F)cc1[N+](=O)[O-]. The number of nitro groups is 1. The van der Waals surface area contributed by atoms with Gasteiger partial charge < -0.3 is 20.5 Å². The summed E-state index contributed by atoms with van der Waals surface area (Å²) >= 11 is 0. The van der Waals surface area contributed by atoms with Gasteiger partial charge in [0.2, 0.25) is 0 Å².